The van der Waals surface area contributed by atoms with Crippen LogP contribution < -0.4 is 0 Å². The van der Waals surface area contributed by atoms with Gasteiger partial charge in [0.05, 0.1) is 0 Å². The number of phenols is 2. The Kier molecular flexibility index (Phi) is 6.71. The lowest BCUT2D eigenvalue weighted by molar-refractivity contribution is 0.413. The van der Waals surface area contributed by atoms with Crippen molar-refractivity contribution in [2.75, 3.05) is 0 Å². The maximum absolute atomic E-state index is 10.7. The van der Waals surface area contributed by atoms with Crippen molar-refractivity contribution in [3.63, 3.8) is 0 Å². The van der Waals surface area contributed by atoms with E-state index in [0.29, 0.717) is 23.3 Å². The zero-order chi connectivity index (χ0) is 22.6. The molecule has 2 heteroatoms. The fourth-order valence-corrected chi connectivity index (χ4v) is 6.21. The van der Waals surface area contributed by atoms with Gasteiger partial charge in [0.25, 0.3) is 0 Å². The molecule has 2 aliphatic rings. The molecule has 0 radical (unpaired) electrons. The van der Waals surface area contributed by atoms with Crippen molar-refractivity contribution in [3.05, 3.63) is 94.5 Å². The molecule has 0 aliphatic heterocycles. The van der Waals surface area contributed by atoms with E-state index in [2.05, 4.69) is 54.6 Å². The zero-order valence-corrected chi connectivity index (χ0v) is 19.5. The summed E-state index contributed by atoms with van der Waals surface area (Å²) in [5, 5.41) is 21.5. The second kappa shape index (κ2) is 10.0. The van der Waals surface area contributed by atoms with E-state index in [1.54, 1.807) is 0 Å². The molecule has 172 valence electrons. The lowest BCUT2D eigenvalue weighted by Crippen LogP contribution is -2.09. The number of aromatic hydroxyl groups is 2. The predicted molar refractivity (Wildman–Crippen MR) is 135 cm³/mol. The molecule has 0 unspecified atom stereocenters. The summed E-state index contributed by atoms with van der Waals surface area (Å²) in [7, 11) is 0. The summed E-state index contributed by atoms with van der Waals surface area (Å²) in [6.07, 6.45) is 12.3. The zero-order valence-electron chi connectivity index (χ0n) is 19.5. The van der Waals surface area contributed by atoms with Gasteiger partial charge in [-0.3, -0.25) is 0 Å². The number of hydrogen-bond acceptors (Lipinski definition) is 2. The first kappa shape index (κ1) is 22.1. The van der Waals surface area contributed by atoms with Gasteiger partial charge < -0.3 is 10.2 Å². The highest BCUT2D eigenvalue weighted by atomic mass is 16.3. The Hall–Kier alpha value is -2.74. The topological polar surface area (TPSA) is 40.5 Å². The lowest BCUT2D eigenvalue weighted by Gasteiger charge is -2.27. The van der Waals surface area contributed by atoms with Crippen molar-refractivity contribution >= 4 is 0 Å². The summed E-state index contributed by atoms with van der Waals surface area (Å²) in [4.78, 5) is 0. The molecule has 2 saturated carbocycles. The first-order chi connectivity index (χ1) is 16.2. The quantitative estimate of drug-likeness (QED) is 0.391. The van der Waals surface area contributed by atoms with Crippen LogP contribution in [-0.4, -0.2) is 10.2 Å². The van der Waals surface area contributed by atoms with E-state index >= 15 is 0 Å². The van der Waals surface area contributed by atoms with Gasteiger partial charge in [-0.15, -0.1) is 0 Å². The largest absolute Gasteiger partial charge is 0.508 e. The maximum atomic E-state index is 10.7. The van der Waals surface area contributed by atoms with Crippen molar-refractivity contribution < 1.29 is 10.2 Å². The van der Waals surface area contributed by atoms with Gasteiger partial charge in [-0.2, -0.15) is 0 Å². The number of rotatable bonds is 5. The highest BCUT2D eigenvalue weighted by Gasteiger charge is 2.25. The number of benzene rings is 3. The van der Waals surface area contributed by atoms with Crippen LogP contribution in [0.5, 0.6) is 11.5 Å². The van der Waals surface area contributed by atoms with Crippen molar-refractivity contribution in [1.29, 1.82) is 0 Å². The highest BCUT2D eigenvalue weighted by Crippen LogP contribution is 2.43. The second-order valence-corrected chi connectivity index (χ2v) is 10.2. The summed E-state index contributed by atoms with van der Waals surface area (Å²) in [5.41, 5.74) is 5.91. The Labute approximate surface area is 198 Å². The van der Waals surface area contributed by atoms with Crippen LogP contribution in [0.15, 0.2) is 66.7 Å². The molecule has 0 amide bonds. The van der Waals surface area contributed by atoms with E-state index in [-0.39, 0.29) is 5.92 Å². The molecule has 3 aromatic rings. The van der Waals surface area contributed by atoms with E-state index in [1.807, 2.05) is 12.1 Å². The van der Waals surface area contributed by atoms with Gasteiger partial charge in [0.15, 0.2) is 0 Å². The minimum absolute atomic E-state index is 0.0806. The van der Waals surface area contributed by atoms with Gasteiger partial charge in [-0.1, -0.05) is 93.1 Å². The standard InChI is InChI=1S/C31H36O2/c32-29-18-16-25(20-27(29)22-10-4-1-5-11-22)31(24-14-8-3-9-15-24)26-17-19-30(33)28(21-26)23-12-6-2-7-13-23/h3,8-9,14-23,31-33H,1-2,4-7,10-13H2. The van der Waals surface area contributed by atoms with Gasteiger partial charge in [-0.25, -0.2) is 0 Å². The Balaban J connectivity index is 1.58. The van der Waals surface area contributed by atoms with Crippen LogP contribution in [0.25, 0.3) is 0 Å². The van der Waals surface area contributed by atoms with Gasteiger partial charge in [0, 0.05) is 5.92 Å². The maximum Gasteiger partial charge on any atom is 0.119 e. The third kappa shape index (κ3) is 4.81. The molecule has 0 bridgehead atoms. The molecule has 2 nitrogen and oxygen atoms in total. The second-order valence-electron chi connectivity index (χ2n) is 10.2. The summed E-state index contributed by atoms with van der Waals surface area (Å²) in [6, 6.07) is 23.2. The van der Waals surface area contributed by atoms with Gasteiger partial charge in [0.1, 0.15) is 11.5 Å². The minimum Gasteiger partial charge on any atom is -0.508 e. The van der Waals surface area contributed by atoms with E-state index < -0.39 is 0 Å². The van der Waals surface area contributed by atoms with E-state index in [1.165, 1.54) is 55.2 Å². The average molecular weight is 441 g/mol. The molecule has 0 saturated heterocycles. The molecule has 0 spiro atoms. The number of phenolic OH excluding ortho intramolecular Hbond substituents is 2. The van der Waals surface area contributed by atoms with Gasteiger partial charge in [0.2, 0.25) is 0 Å². The van der Waals surface area contributed by atoms with Crippen LogP contribution in [0.2, 0.25) is 0 Å². The fraction of sp³-hybridized carbons (Fsp3) is 0.419. The van der Waals surface area contributed by atoms with Gasteiger partial charge in [-0.05, 0) is 77.5 Å². The minimum atomic E-state index is 0.0806. The average Bonchev–Trinajstić information content (AvgIpc) is 2.88. The summed E-state index contributed by atoms with van der Waals surface area (Å²) in [5.74, 6) is 1.86. The molecule has 3 aromatic carbocycles. The lowest BCUT2D eigenvalue weighted by atomic mass is 9.78. The highest BCUT2D eigenvalue weighted by molar-refractivity contribution is 5.50. The summed E-state index contributed by atoms with van der Waals surface area (Å²) < 4.78 is 0. The molecule has 2 N–H and O–H groups in total. The monoisotopic (exact) mass is 440 g/mol. The molecule has 0 atom stereocenters. The Morgan fingerprint density at radius 2 is 0.970 bits per heavy atom. The smallest absolute Gasteiger partial charge is 0.119 e. The Morgan fingerprint density at radius 3 is 1.42 bits per heavy atom. The van der Waals surface area contributed by atoms with Gasteiger partial charge >= 0.3 is 0 Å². The molecule has 2 fully saturated rings. The number of hydrogen-bond donors (Lipinski definition) is 2. The van der Waals surface area contributed by atoms with E-state index in [0.717, 1.165) is 36.8 Å². The molecule has 33 heavy (non-hydrogen) atoms. The van der Waals surface area contributed by atoms with Crippen LogP contribution >= 0.6 is 0 Å². The Bertz CT molecular complexity index is 992. The van der Waals surface area contributed by atoms with Crippen LogP contribution in [0.1, 0.15) is 110 Å². The van der Waals surface area contributed by atoms with Crippen molar-refractivity contribution in [1.82, 2.24) is 0 Å². The Morgan fingerprint density at radius 1 is 0.515 bits per heavy atom. The SMILES string of the molecule is Oc1ccc(C(c2ccccc2)c2ccc(O)c(C3CCCCC3)c2)cc1C1CCCCC1. The van der Waals surface area contributed by atoms with E-state index in [9.17, 15) is 10.2 Å². The summed E-state index contributed by atoms with van der Waals surface area (Å²) >= 11 is 0. The third-order valence-electron chi connectivity index (χ3n) is 7.99. The summed E-state index contributed by atoms with van der Waals surface area (Å²) in [6.45, 7) is 0. The molecular weight excluding hydrogens is 404 g/mol. The molecule has 0 heterocycles. The first-order valence-electron chi connectivity index (χ1n) is 12.9. The van der Waals surface area contributed by atoms with Crippen molar-refractivity contribution in [3.8, 4) is 11.5 Å². The fourth-order valence-electron chi connectivity index (χ4n) is 6.21. The normalized spacial score (nSPS) is 18.0. The van der Waals surface area contributed by atoms with Crippen LogP contribution in [0.3, 0.4) is 0 Å². The first-order valence-corrected chi connectivity index (χ1v) is 12.9. The predicted octanol–water partition coefficient (Wildman–Crippen LogP) is 8.37. The van der Waals surface area contributed by atoms with Crippen molar-refractivity contribution in [2.45, 2.75) is 82.0 Å². The molecule has 2 aliphatic carbocycles. The van der Waals surface area contributed by atoms with Crippen LogP contribution in [0, 0.1) is 0 Å². The molecule has 5 rings (SSSR count). The molecular formula is C31H36O2. The third-order valence-corrected chi connectivity index (χ3v) is 7.99. The van der Waals surface area contributed by atoms with Crippen LogP contribution in [0.4, 0.5) is 0 Å². The van der Waals surface area contributed by atoms with E-state index in [4.69, 9.17) is 0 Å². The molecule has 0 aromatic heterocycles. The van der Waals surface area contributed by atoms with Crippen molar-refractivity contribution in [2.24, 2.45) is 0 Å². The van der Waals surface area contributed by atoms with Crippen LogP contribution in [-0.2, 0) is 0 Å².